The molecule has 3 heteroatoms. The maximum atomic E-state index is 10.8. The second kappa shape index (κ2) is 3.63. The summed E-state index contributed by atoms with van der Waals surface area (Å²) in [7, 11) is 0. The molecule has 0 aliphatic heterocycles. The van der Waals surface area contributed by atoms with Crippen molar-refractivity contribution in [2.45, 2.75) is 6.92 Å². The van der Waals surface area contributed by atoms with Gasteiger partial charge in [-0.25, -0.2) is 0 Å². The molecule has 3 nitrogen and oxygen atoms in total. The number of hydrogen-bond donors (Lipinski definition) is 0. The predicted octanol–water partition coefficient (Wildman–Crippen LogP) is 3.51. The van der Waals surface area contributed by atoms with Gasteiger partial charge in [-0.15, -0.1) is 0 Å². The van der Waals surface area contributed by atoms with Crippen molar-refractivity contribution in [2.24, 2.45) is 0 Å². The highest BCUT2D eigenvalue weighted by Gasteiger charge is 2.07. The number of hydrogen-bond acceptors (Lipinski definition) is 3. The Hall–Kier alpha value is -2.29. The van der Waals surface area contributed by atoms with Crippen LogP contribution < -0.4 is 4.74 Å². The van der Waals surface area contributed by atoms with Crippen molar-refractivity contribution in [3.8, 4) is 5.95 Å². The monoisotopic (exact) mass is 226 g/mol. The quantitative estimate of drug-likeness (QED) is 0.596. The van der Waals surface area contributed by atoms with E-state index in [0.29, 0.717) is 0 Å². The number of furan rings is 1. The van der Waals surface area contributed by atoms with E-state index in [1.165, 1.54) is 6.92 Å². The summed E-state index contributed by atoms with van der Waals surface area (Å²) in [6, 6.07) is 13.7. The van der Waals surface area contributed by atoms with Gasteiger partial charge in [-0.05, 0) is 22.9 Å². The van der Waals surface area contributed by atoms with Crippen molar-refractivity contribution >= 4 is 27.7 Å². The molecule has 17 heavy (non-hydrogen) atoms. The molecule has 1 aromatic heterocycles. The Morgan fingerprint density at radius 3 is 2.47 bits per heavy atom. The van der Waals surface area contributed by atoms with Crippen LogP contribution in [-0.2, 0) is 4.79 Å². The van der Waals surface area contributed by atoms with Crippen LogP contribution in [0, 0.1) is 0 Å². The number of benzene rings is 2. The molecule has 0 amide bonds. The van der Waals surface area contributed by atoms with E-state index in [1.807, 2.05) is 36.4 Å². The Labute approximate surface area is 97.6 Å². The molecule has 0 radical (unpaired) electrons. The lowest BCUT2D eigenvalue weighted by molar-refractivity contribution is -0.132. The summed E-state index contributed by atoms with van der Waals surface area (Å²) in [5, 5.41) is 3.17. The average molecular weight is 226 g/mol. The molecule has 0 fully saturated rings. The van der Waals surface area contributed by atoms with Gasteiger partial charge in [-0.1, -0.05) is 24.3 Å². The fourth-order valence-corrected chi connectivity index (χ4v) is 1.89. The minimum absolute atomic E-state index is 0.239. The van der Waals surface area contributed by atoms with E-state index < -0.39 is 0 Å². The minimum atomic E-state index is -0.381. The maximum Gasteiger partial charge on any atom is 0.310 e. The Morgan fingerprint density at radius 1 is 1.06 bits per heavy atom. The third kappa shape index (κ3) is 1.76. The normalized spacial score (nSPS) is 10.9. The van der Waals surface area contributed by atoms with Gasteiger partial charge in [0.05, 0.1) is 0 Å². The van der Waals surface area contributed by atoms with Gasteiger partial charge in [0.1, 0.15) is 5.58 Å². The standard InChI is InChI=1S/C14H10O3/c1-9(15)16-14-8-12-6-10-4-2-3-5-11(10)7-13(12)17-14/h2-8H,1H3. The van der Waals surface area contributed by atoms with Crippen LogP contribution in [0.1, 0.15) is 6.92 Å². The number of carbonyl (C=O) groups excluding carboxylic acids is 1. The van der Waals surface area contributed by atoms with Gasteiger partial charge in [0.25, 0.3) is 5.95 Å². The SMILES string of the molecule is CC(=O)Oc1cc2cc3ccccc3cc2o1. The first-order valence-electron chi connectivity index (χ1n) is 5.33. The molecule has 2 aromatic carbocycles. The van der Waals surface area contributed by atoms with Gasteiger partial charge in [0.15, 0.2) is 0 Å². The third-order valence-corrected chi connectivity index (χ3v) is 2.61. The summed E-state index contributed by atoms with van der Waals surface area (Å²) >= 11 is 0. The number of fused-ring (bicyclic) bond motifs is 2. The van der Waals surface area contributed by atoms with Crippen molar-refractivity contribution in [3.63, 3.8) is 0 Å². The molecule has 0 N–H and O–H groups in total. The highest BCUT2D eigenvalue weighted by Crippen LogP contribution is 2.29. The zero-order valence-electron chi connectivity index (χ0n) is 9.27. The van der Waals surface area contributed by atoms with Crippen LogP contribution in [-0.4, -0.2) is 5.97 Å². The largest absolute Gasteiger partial charge is 0.425 e. The Kier molecular flexibility index (Phi) is 2.11. The first kappa shape index (κ1) is 9.90. The van der Waals surface area contributed by atoms with Gasteiger partial charge in [-0.3, -0.25) is 4.79 Å². The summed E-state index contributed by atoms with van der Waals surface area (Å²) in [5.74, 6) is -0.142. The second-order valence-corrected chi connectivity index (χ2v) is 3.90. The molecule has 0 aliphatic rings. The maximum absolute atomic E-state index is 10.8. The molecule has 84 valence electrons. The highest BCUT2D eigenvalue weighted by molar-refractivity contribution is 5.96. The zero-order chi connectivity index (χ0) is 11.8. The van der Waals surface area contributed by atoms with E-state index in [1.54, 1.807) is 6.07 Å². The van der Waals surface area contributed by atoms with Crippen LogP contribution >= 0.6 is 0 Å². The smallest absolute Gasteiger partial charge is 0.310 e. The van der Waals surface area contributed by atoms with Gasteiger partial charge in [0, 0.05) is 18.4 Å². The average Bonchev–Trinajstić information content (AvgIpc) is 2.65. The van der Waals surface area contributed by atoms with Crippen molar-refractivity contribution < 1.29 is 13.9 Å². The lowest BCUT2D eigenvalue weighted by Crippen LogP contribution is -1.99. The molecule has 0 spiro atoms. The molecule has 0 bridgehead atoms. The summed E-state index contributed by atoms with van der Waals surface area (Å²) in [6.45, 7) is 1.35. The van der Waals surface area contributed by atoms with Crippen LogP contribution in [0.2, 0.25) is 0 Å². The number of rotatable bonds is 1. The van der Waals surface area contributed by atoms with Gasteiger partial charge >= 0.3 is 5.97 Å². The number of carbonyl (C=O) groups is 1. The molecule has 0 aliphatic carbocycles. The van der Waals surface area contributed by atoms with Gasteiger partial charge in [0.2, 0.25) is 0 Å². The molecular weight excluding hydrogens is 216 g/mol. The van der Waals surface area contributed by atoms with Crippen LogP contribution in [0.25, 0.3) is 21.7 Å². The highest BCUT2D eigenvalue weighted by atomic mass is 16.6. The molecule has 0 saturated carbocycles. The zero-order valence-corrected chi connectivity index (χ0v) is 9.27. The van der Waals surface area contributed by atoms with E-state index in [4.69, 9.17) is 9.15 Å². The first-order chi connectivity index (χ1) is 8.22. The Balaban J connectivity index is 2.21. The molecule has 0 saturated heterocycles. The van der Waals surface area contributed by atoms with Crippen LogP contribution in [0.3, 0.4) is 0 Å². The van der Waals surface area contributed by atoms with E-state index in [9.17, 15) is 4.79 Å². The predicted molar refractivity (Wildman–Crippen MR) is 65.0 cm³/mol. The van der Waals surface area contributed by atoms with E-state index in [-0.39, 0.29) is 11.9 Å². The summed E-state index contributed by atoms with van der Waals surface area (Å²) in [4.78, 5) is 10.8. The van der Waals surface area contributed by atoms with Gasteiger partial charge in [-0.2, -0.15) is 0 Å². The fraction of sp³-hybridized carbons (Fsp3) is 0.0714. The second-order valence-electron chi connectivity index (χ2n) is 3.90. The molecule has 0 unspecified atom stereocenters. The van der Waals surface area contributed by atoms with E-state index >= 15 is 0 Å². The van der Waals surface area contributed by atoms with Crippen LogP contribution in [0.15, 0.2) is 46.9 Å². The number of esters is 1. The topological polar surface area (TPSA) is 39.4 Å². The molecule has 0 atom stereocenters. The van der Waals surface area contributed by atoms with E-state index in [0.717, 1.165) is 21.7 Å². The van der Waals surface area contributed by atoms with Crippen molar-refractivity contribution in [3.05, 3.63) is 42.5 Å². The summed E-state index contributed by atoms with van der Waals surface area (Å²) in [5.41, 5.74) is 0.722. The van der Waals surface area contributed by atoms with Crippen molar-refractivity contribution in [1.82, 2.24) is 0 Å². The molecule has 3 aromatic rings. The summed E-state index contributed by atoms with van der Waals surface area (Å²) in [6.07, 6.45) is 0. The first-order valence-corrected chi connectivity index (χ1v) is 5.33. The van der Waals surface area contributed by atoms with Crippen LogP contribution in [0.5, 0.6) is 5.95 Å². The Morgan fingerprint density at radius 2 is 1.76 bits per heavy atom. The number of ether oxygens (including phenoxy) is 1. The molecular formula is C14H10O3. The van der Waals surface area contributed by atoms with Gasteiger partial charge < -0.3 is 9.15 Å². The van der Waals surface area contributed by atoms with Crippen molar-refractivity contribution in [1.29, 1.82) is 0 Å². The lowest BCUT2D eigenvalue weighted by atomic mass is 10.1. The lowest BCUT2D eigenvalue weighted by Gasteiger charge is -1.95. The van der Waals surface area contributed by atoms with Crippen LogP contribution in [0.4, 0.5) is 0 Å². The minimum Gasteiger partial charge on any atom is -0.425 e. The van der Waals surface area contributed by atoms with Crippen molar-refractivity contribution in [2.75, 3.05) is 0 Å². The Bertz CT molecular complexity index is 657. The summed E-state index contributed by atoms with van der Waals surface area (Å²) < 4.78 is 10.4. The van der Waals surface area contributed by atoms with E-state index in [2.05, 4.69) is 0 Å². The molecule has 1 heterocycles. The third-order valence-electron chi connectivity index (χ3n) is 2.61. The molecule has 3 rings (SSSR count). The fourth-order valence-electron chi connectivity index (χ4n) is 1.89.